The van der Waals surface area contributed by atoms with E-state index in [1.54, 1.807) is 17.1 Å². The molecule has 1 aromatic heterocycles. The number of carbonyl (C=O) groups is 1. The van der Waals surface area contributed by atoms with Crippen LogP contribution in [-0.4, -0.2) is 46.3 Å². The normalized spacial score (nSPS) is 17.3. The van der Waals surface area contributed by atoms with Crippen LogP contribution in [0.25, 0.3) is 0 Å². The van der Waals surface area contributed by atoms with E-state index in [-0.39, 0.29) is 5.91 Å². The van der Waals surface area contributed by atoms with Crippen LogP contribution in [-0.2, 0) is 11.3 Å². The molecule has 1 aliphatic rings. The molecule has 1 amide bonds. The van der Waals surface area contributed by atoms with Crippen LogP contribution in [0.5, 0.6) is 0 Å². The van der Waals surface area contributed by atoms with Gasteiger partial charge in [-0.15, -0.1) is 0 Å². The molecule has 1 fully saturated rings. The SMILES string of the molecule is CC(C)N1CCC(CC(=O)NCCn2cc(Cl)cn2)CC1. The van der Waals surface area contributed by atoms with Gasteiger partial charge in [-0.25, -0.2) is 0 Å². The van der Waals surface area contributed by atoms with Crippen LogP contribution < -0.4 is 5.32 Å². The maximum absolute atomic E-state index is 11.9. The second-order valence-corrected chi connectivity index (χ2v) is 6.49. The molecule has 0 aliphatic carbocycles. The van der Waals surface area contributed by atoms with Crippen LogP contribution in [0.4, 0.5) is 0 Å². The second-order valence-electron chi connectivity index (χ2n) is 6.05. The van der Waals surface area contributed by atoms with E-state index < -0.39 is 0 Å². The number of likely N-dealkylation sites (tertiary alicyclic amines) is 1. The Bertz CT molecular complexity index is 452. The summed E-state index contributed by atoms with van der Waals surface area (Å²) in [5.41, 5.74) is 0. The number of carbonyl (C=O) groups excluding carboxylic acids is 1. The molecule has 118 valence electrons. The molecule has 1 N–H and O–H groups in total. The quantitative estimate of drug-likeness (QED) is 0.876. The van der Waals surface area contributed by atoms with E-state index in [1.165, 1.54) is 0 Å². The molecular formula is C15H25ClN4O. The highest BCUT2D eigenvalue weighted by atomic mass is 35.5. The van der Waals surface area contributed by atoms with Gasteiger partial charge in [-0.3, -0.25) is 9.48 Å². The Kier molecular flexibility index (Phi) is 6.06. The van der Waals surface area contributed by atoms with Crippen LogP contribution in [0.15, 0.2) is 12.4 Å². The number of rotatable bonds is 6. The van der Waals surface area contributed by atoms with Gasteiger partial charge in [-0.1, -0.05) is 11.6 Å². The average molecular weight is 313 g/mol. The Morgan fingerprint density at radius 2 is 2.19 bits per heavy atom. The number of amides is 1. The zero-order valence-electron chi connectivity index (χ0n) is 12.9. The third kappa shape index (κ3) is 5.32. The van der Waals surface area contributed by atoms with Crippen molar-refractivity contribution in [2.75, 3.05) is 19.6 Å². The van der Waals surface area contributed by atoms with E-state index in [1.807, 2.05) is 0 Å². The van der Waals surface area contributed by atoms with Crippen molar-refractivity contribution >= 4 is 17.5 Å². The third-order valence-electron chi connectivity index (χ3n) is 4.12. The Morgan fingerprint density at radius 1 is 1.48 bits per heavy atom. The molecule has 2 rings (SSSR count). The van der Waals surface area contributed by atoms with Gasteiger partial charge in [-0.2, -0.15) is 5.10 Å². The lowest BCUT2D eigenvalue weighted by atomic mass is 9.92. The highest BCUT2D eigenvalue weighted by molar-refractivity contribution is 6.30. The first-order valence-corrected chi connectivity index (χ1v) is 8.11. The molecular weight excluding hydrogens is 288 g/mol. The van der Waals surface area contributed by atoms with Gasteiger partial charge in [0.25, 0.3) is 0 Å². The maximum atomic E-state index is 11.9. The first kappa shape index (κ1) is 16.3. The third-order valence-corrected chi connectivity index (χ3v) is 4.31. The largest absolute Gasteiger partial charge is 0.354 e. The number of nitrogens with zero attached hydrogens (tertiary/aromatic N) is 3. The smallest absolute Gasteiger partial charge is 0.220 e. The minimum atomic E-state index is 0.149. The van der Waals surface area contributed by atoms with Crippen LogP contribution >= 0.6 is 11.6 Å². The second kappa shape index (κ2) is 7.80. The van der Waals surface area contributed by atoms with Gasteiger partial charge in [0, 0.05) is 25.2 Å². The molecule has 1 aromatic rings. The standard InChI is InChI=1S/C15H25ClN4O/c1-12(2)19-6-3-13(4-7-19)9-15(21)17-5-8-20-11-14(16)10-18-20/h10-13H,3-9H2,1-2H3,(H,17,21). The van der Waals surface area contributed by atoms with Gasteiger partial charge in [0.1, 0.15) is 0 Å². The van der Waals surface area contributed by atoms with E-state index in [9.17, 15) is 4.79 Å². The number of hydrogen-bond acceptors (Lipinski definition) is 3. The van der Waals surface area contributed by atoms with Gasteiger partial charge in [0.2, 0.25) is 5.91 Å². The van der Waals surface area contributed by atoms with Gasteiger partial charge in [0.15, 0.2) is 0 Å². The number of aromatic nitrogens is 2. The van der Waals surface area contributed by atoms with Crippen LogP contribution in [0.2, 0.25) is 5.02 Å². The van der Waals surface area contributed by atoms with Crippen molar-refractivity contribution in [2.45, 2.75) is 45.7 Å². The van der Waals surface area contributed by atoms with Crippen molar-refractivity contribution < 1.29 is 4.79 Å². The minimum Gasteiger partial charge on any atom is -0.354 e. The lowest BCUT2D eigenvalue weighted by molar-refractivity contribution is -0.122. The van der Waals surface area contributed by atoms with E-state index in [4.69, 9.17) is 11.6 Å². The molecule has 1 saturated heterocycles. The summed E-state index contributed by atoms with van der Waals surface area (Å²) in [5, 5.41) is 7.67. The molecule has 0 aromatic carbocycles. The predicted molar refractivity (Wildman–Crippen MR) is 84.3 cm³/mol. The highest BCUT2D eigenvalue weighted by Crippen LogP contribution is 2.21. The van der Waals surface area contributed by atoms with E-state index in [0.717, 1.165) is 25.9 Å². The summed E-state index contributed by atoms with van der Waals surface area (Å²) < 4.78 is 1.74. The first-order valence-electron chi connectivity index (χ1n) is 7.73. The molecule has 2 heterocycles. The molecule has 0 unspecified atom stereocenters. The fraction of sp³-hybridized carbons (Fsp3) is 0.733. The van der Waals surface area contributed by atoms with Gasteiger partial charge in [0.05, 0.1) is 17.8 Å². The number of piperidine rings is 1. The van der Waals surface area contributed by atoms with Crippen LogP contribution in [0.1, 0.15) is 33.1 Å². The zero-order valence-corrected chi connectivity index (χ0v) is 13.6. The fourth-order valence-electron chi connectivity index (χ4n) is 2.78. The summed E-state index contributed by atoms with van der Waals surface area (Å²) in [6.45, 7) is 7.94. The molecule has 0 spiro atoms. The maximum Gasteiger partial charge on any atom is 0.220 e. The monoisotopic (exact) mass is 312 g/mol. The van der Waals surface area contributed by atoms with Crippen molar-refractivity contribution in [2.24, 2.45) is 5.92 Å². The molecule has 0 bridgehead atoms. The summed E-state index contributed by atoms with van der Waals surface area (Å²) in [4.78, 5) is 14.4. The first-order chi connectivity index (χ1) is 10.0. The van der Waals surface area contributed by atoms with Gasteiger partial charge >= 0.3 is 0 Å². The van der Waals surface area contributed by atoms with Crippen LogP contribution in [0, 0.1) is 5.92 Å². The molecule has 0 radical (unpaired) electrons. The molecule has 1 aliphatic heterocycles. The van der Waals surface area contributed by atoms with Gasteiger partial charge in [-0.05, 0) is 45.7 Å². The lowest BCUT2D eigenvalue weighted by Crippen LogP contribution is -2.39. The number of nitrogens with one attached hydrogen (secondary N) is 1. The van der Waals surface area contributed by atoms with Crippen molar-refractivity contribution in [1.82, 2.24) is 20.0 Å². The summed E-state index contributed by atoms with van der Waals surface area (Å²) >= 11 is 5.79. The average Bonchev–Trinajstić information content (AvgIpc) is 2.85. The van der Waals surface area contributed by atoms with Gasteiger partial charge < -0.3 is 10.2 Å². The molecule has 6 heteroatoms. The highest BCUT2D eigenvalue weighted by Gasteiger charge is 2.22. The van der Waals surface area contributed by atoms with E-state index in [0.29, 0.717) is 36.5 Å². The fourth-order valence-corrected chi connectivity index (χ4v) is 2.93. The Morgan fingerprint density at radius 3 is 2.76 bits per heavy atom. The summed E-state index contributed by atoms with van der Waals surface area (Å²) in [7, 11) is 0. The Balaban J connectivity index is 1.61. The van der Waals surface area contributed by atoms with Crippen molar-refractivity contribution in [1.29, 1.82) is 0 Å². The molecule has 5 nitrogen and oxygen atoms in total. The molecule has 21 heavy (non-hydrogen) atoms. The Hall–Kier alpha value is -1.07. The van der Waals surface area contributed by atoms with Crippen LogP contribution in [0.3, 0.4) is 0 Å². The van der Waals surface area contributed by atoms with Crippen molar-refractivity contribution in [3.8, 4) is 0 Å². The number of halogens is 1. The Labute approximate surface area is 131 Å². The summed E-state index contributed by atoms with van der Waals surface area (Å²) in [5.74, 6) is 0.676. The van der Waals surface area contributed by atoms with E-state index in [2.05, 4.69) is 29.2 Å². The topological polar surface area (TPSA) is 50.2 Å². The molecule has 0 saturated carbocycles. The molecule has 0 atom stereocenters. The van der Waals surface area contributed by atoms with Crippen molar-refractivity contribution in [3.63, 3.8) is 0 Å². The summed E-state index contributed by atoms with van der Waals surface area (Å²) in [6, 6.07) is 0.612. The zero-order chi connectivity index (χ0) is 15.2. The lowest BCUT2D eigenvalue weighted by Gasteiger charge is -2.34. The predicted octanol–water partition coefficient (Wildman–Crippen LogP) is 2.16. The minimum absolute atomic E-state index is 0.149. The van der Waals surface area contributed by atoms with E-state index >= 15 is 0 Å². The summed E-state index contributed by atoms with van der Waals surface area (Å²) in [6.07, 6.45) is 6.26. The number of hydrogen-bond donors (Lipinski definition) is 1. The van der Waals surface area contributed by atoms with Crippen molar-refractivity contribution in [3.05, 3.63) is 17.4 Å².